The largest absolute Gasteiger partial charge is 0.308 e. The molecule has 0 aliphatic carbocycles. The van der Waals surface area contributed by atoms with Crippen molar-refractivity contribution in [2.24, 2.45) is 0 Å². The van der Waals surface area contributed by atoms with Gasteiger partial charge in [0, 0.05) is 48.8 Å². The van der Waals surface area contributed by atoms with Crippen molar-refractivity contribution in [2.45, 2.75) is 0 Å². The second-order valence-electron chi connectivity index (χ2n) is 13.2. The van der Waals surface area contributed by atoms with Crippen molar-refractivity contribution in [3.8, 4) is 11.5 Å². The average Bonchev–Trinajstić information content (AvgIpc) is 3.88. The van der Waals surface area contributed by atoms with Crippen LogP contribution in [0.3, 0.4) is 0 Å². The Morgan fingerprint density at radius 1 is 0.367 bits per heavy atom. The molecular weight excluding hydrogens is 597 g/mol. The van der Waals surface area contributed by atoms with Crippen LogP contribution in [0.1, 0.15) is 0 Å². The molecule has 0 aliphatic heterocycles. The van der Waals surface area contributed by atoms with Crippen LogP contribution >= 0.6 is 0 Å². The summed E-state index contributed by atoms with van der Waals surface area (Å²) in [6, 6.07) is 55.2. The third kappa shape index (κ3) is 3.16. The van der Waals surface area contributed by atoms with Gasteiger partial charge >= 0.3 is 0 Å². The molecular formula is C45H26N4. The second kappa shape index (κ2) is 9.03. The summed E-state index contributed by atoms with van der Waals surface area (Å²) in [5.41, 5.74) is 9.51. The number of pyridine rings is 1. The SMILES string of the molecule is c1ccc(-n2c3ccccc3c3cc(-n4c5ccccc5c5cc6c7ccccc7n7c8cc9ccccc9cc8c(c54)c67)ncc32)cc1. The molecule has 0 amide bonds. The van der Waals surface area contributed by atoms with Gasteiger partial charge in [-0.05, 0) is 65.4 Å². The van der Waals surface area contributed by atoms with Gasteiger partial charge in [0.1, 0.15) is 5.82 Å². The molecule has 0 atom stereocenters. The fraction of sp³-hybridized carbons (Fsp3) is 0. The van der Waals surface area contributed by atoms with E-state index in [1.807, 2.05) is 0 Å². The summed E-state index contributed by atoms with van der Waals surface area (Å²) in [6.07, 6.45) is 2.06. The lowest BCUT2D eigenvalue weighted by Crippen LogP contribution is -1.99. The summed E-state index contributed by atoms with van der Waals surface area (Å²) in [4.78, 5) is 5.29. The number of rotatable bonds is 2. The molecule has 0 unspecified atom stereocenters. The molecule has 0 aliphatic rings. The van der Waals surface area contributed by atoms with Crippen LogP contribution in [0.2, 0.25) is 0 Å². The molecule has 226 valence electrons. The molecule has 7 aromatic carbocycles. The molecule has 0 spiro atoms. The lowest BCUT2D eigenvalue weighted by atomic mass is 10.0. The maximum absolute atomic E-state index is 5.29. The predicted octanol–water partition coefficient (Wildman–Crippen LogP) is 11.6. The van der Waals surface area contributed by atoms with Crippen LogP contribution in [0.15, 0.2) is 158 Å². The van der Waals surface area contributed by atoms with Crippen LogP contribution in [0.4, 0.5) is 0 Å². The van der Waals surface area contributed by atoms with Crippen LogP contribution in [-0.4, -0.2) is 18.5 Å². The highest BCUT2D eigenvalue weighted by atomic mass is 15.1. The Bertz CT molecular complexity index is 3320. The molecule has 0 N–H and O–H groups in total. The van der Waals surface area contributed by atoms with Crippen molar-refractivity contribution >= 4 is 92.5 Å². The molecule has 49 heavy (non-hydrogen) atoms. The van der Waals surface area contributed by atoms with Crippen molar-refractivity contribution in [1.29, 1.82) is 0 Å². The number of fused-ring (bicyclic) bond motifs is 14. The molecule has 5 heterocycles. The highest BCUT2D eigenvalue weighted by Gasteiger charge is 2.25. The highest BCUT2D eigenvalue weighted by Crippen LogP contribution is 2.47. The van der Waals surface area contributed by atoms with Gasteiger partial charge in [0.25, 0.3) is 0 Å². The van der Waals surface area contributed by atoms with E-state index in [1.54, 1.807) is 0 Å². The smallest absolute Gasteiger partial charge is 0.138 e. The molecule has 0 saturated heterocycles. The van der Waals surface area contributed by atoms with Gasteiger partial charge in [0.05, 0.1) is 44.8 Å². The molecule has 4 heteroatoms. The molecule has 0 saturated carbocycles. The number of hydrogen-bond donors (Lipinski definition) is 0. The van der Waals surface area contributed by atoms with Crippen molar-refractivity contribution in [1.82, 2.24) is 18.5 Å². The van der Waals surface area contributed by atoms with Crippen LogP contribution in [-0.2, 0) is 0 Å². The lowest BCUT2D eigenvalue weighted by molar-refractivity contribution is 1.08. The fourth-order valence-corrected chi connectivity index (χ4v) is 8.76. The Morgan fingerprint density at radius 3 is 1.73 bits per heavy atom. The number of benzene rings is 7. The number of aromatic nitrogens is 4. The molecule has 12 rings (SSSR count). The summed E-state index contributed by atoms with van der Waals surface area (Å²) in [5.74, 6) is 0.919. The Labute approximate surface area is 279 Å². The topological polar surface area (TPSA) is 27.2 Å². The van der Waals surface area contributed by atoms with Gasteiger partial charge in [0.15, 0.2) is 0 Å². The molecule has 12 aromatic rings. The first kappa shape index (κ1) is 25.4. The summed E-state index contributed by atoms with van der Waals surface area (Å²) >= 11 is 0. The number of nitrogens with zero attached hydrogens (tertiary/aromatic N) is 4. The first-order valence-electron chi connectivity index (χ1n) is 16.8. The first-order chi connectivity index (χ1) is 24.3. The number of para-hydroxylation sites is 4. The van der Waals surface area contributed by atoms with Crippen molar-refractivity contribution in [3.63, 3.8) is 0 Å². The Kier molecular flexibility index (Phi) is 4.69. The van der Waals surface area contributed by atoms with Gasteiger partial charge in [-0.15, -0.1) is 0 Å². The monoisotopic (exact) mass is 622 g/mol. The third-order valence-corrected chi connectivity index (χ3v) is 10.8. The van der Waals surface area contributed by atoms with Gasteiger partial charge in [0.2, 0.25) is 0 Å². The standard InChI is InChI=1S/C45H26N4/c1-2-14-29(15-3-1)47-37-19-9-6-16-30(37)33-25-42(46-26-41(33)47)49-39-21-11-8-18-32(39)35-24-34-31-17-7-10-20-38(31)48-40-23-28-13-5-4-12-27(28)22-36(40)43(44(34)48)45(35)49/h1-26H. The van der Waals surface area contributed by atoms with E-state index in [0.717, 1.165) is 22.5 Å². The zero-order chi connectivity index (χ0) is 31.8. The number of hydrogen-bond acceptors (Lipinski definition) is 1. The summed E-state index contributed by atoms with van der Waals surface area (Å²) in [6.45, 7) is 0. The minimum Gasteiger partial charge on any atom is -0.308 e. The fourth-order valence-electron chi connectivity index (χ4n) is 8.76. The Balaban J connectivity index is 1.29. The van der Waals surface area contributed by atoms with E-state index in [4.69, 9.17) is 4.98 Å². The van der Waals surface area contributed by atoms with Gasteiger partial charge < -0.3 is 8.97 Å². The second-order valence-corrected chi connectivity index (χ2v) is 13.2. The molecule has 5 aromatic heterocycles. The zero-order valence-corrected chi connectivity index (χ0v) is 26.3. The Hall–Kier alpha value is -6.65. The minimum atomic E-state index is 0.919. The summed E-state index contributed by atoms with van der Waals surface area (Å²) in [5, 5.41) is 12.5. The normalized spacial score (nSPS) is 12.5. The van der Waals surface area contributed by atoms with Crippen LogP contribution < -0.4 is 0 Å². The predicted molar refractivity (Wildman–Crippen MR) is 205 cm³/mol. The summed E-state index contributed by atoms with van der Waals surface area (Å²) in [7, 11) is 0. The van der Waals surface area contributed by atoms with Crippen molar-refractivity contribution < 1.29 is 0 Å². The zero-order valence-electron chi connectivity index (χ0n) is 26.3. The van der Waals surface area contributed by atoms with E-state index in [2.05, 4.69) is 171 Å². The van der Waals surface area contributed by atoms with E-state index < -0.39 is 0 Å². The lowest BCUT2D eigenvalue weighted by Gasteiger charge is -2.10. The summed E-state index contributed by atoms with van der Waals surface area (Å²) < 4.78 is 7.24. The van der Waals surface area contributed by atoms with Gasteiger partial charge in [-0.3, -0.25) is 4.57 Å². The average molecular weight is 623 g/mol. The van der Waals surface area contributed by atoms with Crippen molar-refractivity contribution in [2.75, 3.05) is 0 Å². The quantitative estimate of drug-likeness (QED) is 0.188. The van der Waals surface area contributed by atoms with Gasteiger partial charge in [-0.1, -0.05) is 97.1 Å². The van der Waals surface area contributed by atoms with E-state index in [-0.39, 0.29) is 0 Å². The van der Waals surface area contributed by atoms with Gasteiger partial charge in [-0.25, -0.2) is 4.98 Å². The van der Waals surface area contributed by atoms with Crippen LogP contribution in [0.25, 0.3) is 104 Å². The maximum Gasteiger partial charge on any atom is 0.138 e. The molecule has 0 fully saturated rings. The Morgan fingerprint density at radius 2 is 0.959 bits per heavy atom. The van der Waals surface area contributed by atoms with E-state index >= 15 is 0 Å². The van der Waals surface area contributed by atoms with E-state index in [0.29, 0.717) is 0 Å². The van der Waals surface area contributed by atoms with E-state index in [1.165, 1.54) is 81.4 Å². The minimum absolute atomic E-state index is 0.919. The maximum atomic E-state index is 5.29. The first-order valence-corrected chi connectivity index (χ1v) is 16.8. The van der Waals surface area contributed by atoms with Crippen LogP contribution in [0.5, 0.6) is 0 Å². The van der Waals surface area contributed by atoms with Gasteiger partial charge in [-0.2, -0.15) is 0 Å². The highest BCUT2D eigenvalue weighted by molar-refractivity contribution is 6.35. The third-order valence-electron chi connectivity index (χ3n) is 10.8. The van der Waals surface area contributed by atoms with Crippen molar-refractivity contribution in [3.05, 3.63) is 158 Å². The molecule has 4 nitrogen and oxygen atoms in total. The molecule has 0 radical (unpaired) electrons. The van der Waals surface area contributed by atoms with E-state index in [9.17, 15) is 0 Å². The van der Waals surface area contributed by atoms with Crippen LogP contribution in [0, 0.1) is 0 Å². The molecule has 0 bridgehead atoms.